The molecule has 0 aromatic carbocycles. The molecule has 3 amide bonds. The minimum atomic E-state index is -0.671. The molecule has 0 bridgehead atoms. The van der Waals surface area contributed by atoms with Gasteiger partial charge in [0, 0.05) is 32.1 Å². The molecule has 2 N–H and O–H groups in total. The van der Waals surface area contributed by atoms with Gasteiger partial charge >= 0.3 is 6.09 Å². The smallest absolute Gasteiger partial charge is 0.415 e. The van der Waals surface area contributed by atoms with Gasteiger partial charge < -0.3 is 20.3 Å². The molecule has 0 unspecified atom stereocenters. The van der Waals surface area contributed by atoms with Crippen molar-refractivity contribution in [3.8, 4) is 0 Å². The van der Waals surface area contributed by atoms with Crippen molar-refractivity contribution in [3.05, 3.63) is 12.3 Å². The van der Waals surface area contributed by atoms with Gasteiger partial charge in [-0.1, -0.05) is 90.6 Å². The van der Waals surface area contributed by atoms with Gasteiger partial charge in [0.2, 0.25) is 11.8 Å². The average molecular weight is 523 g/mol. The number of nitrogens with zero attached hydrogens (tertiary/aromatic N) is 2. The summed E-state index contributed by atoms with van der Waals surface area (Å²) in [4.78, 5) is 41.2. The molecular formula is C29H54N4O4. The van der Waals surface area contributed by atoms with Crippen molar-refractivity contribution in [3.63, 3.8) is 0 Å². The fourth-order valence-electron chi connectivity index (χ4n) is 4.72. The van der Waals surface area contributed by atoms with Gasteiger partial charge in [0.25, 0.3) is 0 Å². The maximum atomic E-state index is 12.8. The van der Waals surface area contributed by atoms with E-state index in [0.29, 0.717) is 25.9 Å². The first-order valence-corrected chi connectivity index (χ1v) is 14.6. The van der Waals surface area contributed by atoms with E-state index in [2.05, 4.69) is 24.1 Å². The molecule has 1 fully saturated rings. The van der Waals surface area contributed by atoms with Gasteiger partial charge in [-0.2, -0.15) is 0 Å². The zero-order valence-electron chi connectivity index (χ0n) is 24.1. The van der Waals surface area contributed by atoms with Crippen LogP contribution in [0.4, 0.5) is 4.79 Å². The lowest BCUT2D eigenvalue weighted by Gasteiger charge is -2.23. The molecule has 1 heterocycles. The Labute approximate surface area is 225 Å². The number of likely N-dealkylation sites (tertiary alicyclic amines) is 1. The number of rotatable bonds is 20. The molecule has 0 aromatic rings. The highest BCUT2D eigenvalue weighted by Crippen LogP contribution is 2.21. The van der Waals surface area contributed by atoms with Crippen LogP contribution in [0.25, 0.3) is 0 Å². The normalized spacial score (nSPS) is 17.2. The summed E-state index contributed by atoms with van der Waals surface area (Å²) in [5.74, 6) is 0.0235. The van der Waals surface area contributed by atoms with Crippen molar-refractivity contribution >= 4 is 17.9 Å². The molecule has 1 aliphatic heterocycles. The molecule has 0 aromatic heterocycles. The fraction of sp³-hybridized carbons (Fsp3) is 0.828. The van der Waals surface area contributed by atoms with Gasteiger partial charge in [0.15, 0.2) is 0 Å². The number of amides is 3. The second-order valence-corrected chi connectivity index (χ2v) is 10.8. The van der Waals surface area contributed by atoms with Crippen LogP contribution in [0.2, 0.25) is 0 Å². The number of ether oxygens (including phenoxy) is 1. The Morgan fingerprint density at radius 3 is 1.97 bits per heavy atom. The number of carbonyl (C=O) groups is 3. The number of carbonyl (C=O) groups excluding carboxylic acids is 3. The third kappa shape index (κ3) is 15.7. The van der Waals surface area contributed by atoms with E-state index in [4.69, 9.17) is 4.74 Å². The van der Waals surface area contributed by atoms with Gasteiger partial charge in [0.05, 0.1) is 5.76 Å². The number of allylic oxidation sites excluding steroid dienone is 1. The summed E-state index contributed by atoms with van der Waals surface area (Å²) >= 11 is 0. The molecular weight excluding hydrogens is 468 g/mol. The van der Waals surface area contributed by atoms with E-state index in [-0.39, 0.29) is 30.2 Å². The lowest BCUT2D eigenvalue weighted by atomic mass is 10.0. The Bertz CT molecular complexity index is 683. The van der Waals surface area contributed by atoms with Gasteiger partial charge in [-0.25, -0.2) is 4.79 Å². The van der Waals surface area contributed by atoms with Crippen LogP contribution < -0.4 is 10.6 Å². The first kappa shape index (κ1) is 32.9. The number of unbranched alkanes of at least 4 members (excludes halogenated alkanes) is 12. The van der Waals surface area contributed by atoms with Crippen LogP contribution in [0.1, 0.15) is 110 Å². The van der Waals surface area contributed by atoms with Crippen LogP contribution >= 0.6 is 0 Å². The summed E-state index contributed by atoms with van der Waals surface area (Å²) < 4.78 is 5.16. The molecule has 0 aliphatic carbocycles. The lowest BCUT2D eigenvalue weighted by Crippen LogP contribution is -2.47. The van der Waals surface area contributed by atoms with Crippen LogP contribution in [-0.4, -0.2) is 73.5 Å². The van der Waals surface area contributed by atoms with Gasteiger partial charge in [-0.3, -0.25) is 14.5 Å². The standard InChI is InChI=1S/C29H54N4O4/c1-6-7-8-9-10-11-12-13-14-15-16-17-18-19-27(34)31-25-22-26(28(35)30-20-21-32(4)5)33(23-25)29(36)37-24(2)3/h25-26H,2,6-23H2,1,3-5H3,(H,30,35)(H,31,34)/t25-,26-/m0/s1. The third-order valence-electron chi connectivity index (χ3n) is 6.83. The molecule has 1 aliphatic rings. The molecule has 1 saturated heterocycles. The van der Waals surface area contributed by atoms with Crippen LogP contribution in [0, 0.1) is 0 Å². The number of nitrogens with one attached hydrogen (secondary N) is 2. The number of hydrogen-bond acceptors (Lipinski definition) is 5. The SMILES string of the molecule is C=C(C)OC(=O)N1C[C@@H](NC(=O)CCCCCCCCCCCCCCC)C[C@H]1C(=O)NCCN(C)C. The summed E-state index contributed by atoms with van der Waals surface area (Å²) in [6, 6.07) is -0.938. The maximum Gasteiger partial charge on any atom is 0.415 e. The molecule has 8 nitrogen and oxygen atoms in total. The second kappa shape index (κ2) is 19.9. The van der Waals surface area contributed by atoms with E-state index in [1.165, 1.54) is 75.5 Å². The minimum absolute atomic E-state index is 0.0186. The van der Waals surface area contributed by atoms with E-state index in [1.54, 1.807) is 6.92 Å². The lowest BCUT2D eigenvalue weighted by molar-refractivity contribution is -0.125. The van der Waals surface area contributed by atoms with Crippen molar-refractivity contribution in [2.24, 2.45) is 0 Å². The van der Waals surface area contributed by atoms with Gasteiger partial charge in [0.1, 0.15) is 6.04 Å². The first-order valence-electron chi connectivity index (χ1n) is 14.6. The predicted octanol–water partition coefficient (Wildman–Crippen LogP) is 5.37. The topological polar surface area (TPSA) is 91.0 Å². The van der Waals surface area contributed by atoms with E-state index in [0.717, 1.165) is 12.8 Å². The summed E-state index contributed by atoms with van der Waals surface area (Å²) in [6.07, 6.45) is 16.7. The highest BCUT2D eigenvalue weighted by molar-refractivity contribution is 5.87. The molecule has 2 atom stereocenters. The maximum absolute atomic E-state index is 12.8. The van der Waals surface area contributed by atoms with E-state index >= 15 is 0 Å². The highest BCUT2D eigenvalue weighted by Gasteiger charge is 2.41. The molecule has 0 saturated carbocycles. The summed E-state index contributed by atoms with van der Waals surface area (Å²) in [5.41, 5.74) is 0. The fourth-order valence-corrected chi connectivity index (χ4v) is 4.72. The molecule has 0 spiro atoms. The minimum Gasteiger partial charge on any atom is -0.416 e. The summed E-state index contributed by atoms with van der Waals surface area (Å²) in [5, 5.41) is 5.90. The van der Waals surface area contributed by atoms with Crippen molar-refractivity contribution in [2.45, 2.75) is 122 Å². The predicted molar refractivity (Wildman–Crippen MR) is 150 cm³/mol. The molecule has 214 valence electrons. The molecule has 8 heteroatoms. The van der Waals surface area contributed by atoms with Gasteiger partial charge in [-0.05, 0) is 33.9 Å². The highest BCUT2D eigenvalue weighted by atomic mass is 16.6. The zero-order chi connectivity index (χ0) is 27.5. The Morgan fingerprint density at radius 2 is 1.46 bits per heavy atom. The zero-order valence-corrected chi connectivity index (χ0v) is 24.1. The van der Waals surface area contributed by atoms with Crippen molar-refractivity contribution in [2.75, 3.05) is 33.7 Å². The number of likely N-dealkylation sites (N-methyl/N-ethyl adjacent to an activating group) is 1. The monoisotopic (exact) mass is 522 g/mol. The second-order valence-electron chi connectivity index (χ2n) is 10.8. The molecule has 0 radical (unpaired) electrons. The van der Waals surface area contributed by atoms with Crippen LogP contribution in [0.5, 0.6) is 0 Å². The van der Waals surface area contributed by atoms with Crippen molar-refractivity contribution in [1.82, 2.24) is 20.4 Å². The summed E-state index contributed by atoms with van der Waals surface area (Å²) in [7, 11) is 3.86. The van der Waals surface area contributed by atoms with Crippen LogP contribution in [0.15, 0.2) is 12.3 Å². The van der Waals surface area contributed by atoms with Crippen LogP contribution in [-0.2, 0) is 14.3 Å². The molecule has 37 heavy (non-hydrogen) atoms. The van der Waals surface area contributed by atoms with Crippen molar-refractivity contribution in [1.29, 1.82) is 0 Å². The van der Waals surface area contributed by atoms with E-state index in [9.17, 15) is 14.4 Å². The number of hydrogen-bond donors (Lipinski definition) is 2. The molecule has 1 rings (SSSR count). The first-order chi connectivity index (χ1) is 17.7. The Balaban J connectivity index is 2.27. The Kier molecular flexibility index (Phi) is 17.8. The van der Waals surface area contributed by atoms with E-state index < -0.39 is 12.1 Å². The Hall–Kier alpha value is -2.09. The average Bonchev–Trinajstić information content (AvgIpc) is 3.25. The largest absolute Gasteiger partial charge is 0.416 e. The van der Waals surface area contributed by atoms with Gasteiger partial charge in [-0.15, -0.1) is 0 Å². The van der Waals surface area contributed by atoms with Crippen LogP contribution in [0.3, 0.4) is 0 Å². The third-order valence-corrected chi connectivity index (χ3v) is 6.83. The van der Waals surface area contributed by atoms with E-state index in [1.807, 2.05) is 19.0 Å². The summed E-state index contributed by atoms with van der Waals surface area (Å²) in [6.45, 7) is 8.90. The Morgan fingerprint density at radius 1 is 0.919 bits per heavy atom. The quantitative estimate of drug-likeness (QED) is 0.166. The van der Waals surface area contributed by atoms with Crippen molar-refractivity contribution < 1.29 is 19.1 Å².